The highest BCUT2D eigenvalue weighted by atomic mass is 15.3. The molecular formula is C10H17N7. The molecule has 2 rings (SSSR count). The third-order valence-corrected chi connectivity index (χ3v) is 2.57. The van der Waals surface area contributed by atoms with E-state index in [0.29, 0.717) is 6.42 Å². The van der Waals surface area contributed by atoms with Gasteiger partial charge in [0, 0.05) is 25.4 Å². The summed E-state index contributed by atoms with van der Waals surface area (Å²) in [6, 6.07) is -0.0789. The van der Waals surface area contributed by atoms with Gasteiger partial charge in [-0.3, -0.25) is 10.5 Å². The van der Waals surface area contributed by atoms with E-state index < -0.39 is 0 Å². The molecule has 1 unspecified atom stereocenters. The lowest BCUT2D eigenvalue weighted by molar-refractivity contribution is 0.484. The van der Waals surface area contributed by atoms with Gasteiger partial charge in [0.1, 0.15) is 18.0 Å². The maximum absolute atomic E-state index is 5.54. The summed E-state index contributed by atoms with van der Waals surface area (Å²) >= 11 is 0. The Morgan fingerprint density at radius 1 is 1.53 bits per heavy atom. The van der Waals surface area contributed by atoms with E-state index in [1.165, 1.54) is 0 Å². The smallest absolute Gasteiger partial charge is 0.138 e. The van der Waals surface area contributed by atoms with Crippen LogP contribution >= 0.6 is 0 Å². The molecular weight excluding hydrogens is 218 g/mol. The SMILES string of the molecule is CCCn1ncnc1CC(NN)c1ncc[nH]1. The molecule has 0 fully saturated rings. The van der Waals surface area contributed by atoms with Gasteiger partial charge < -0.3 is 4.98 Å². The molecule has 2 aromatic rings. The zero-order valence-corrected chi connectivity index (χ0v) is 9.80. The molecule has 1 atom stereocenters. The van der Waals surface area contributed by atoms with Crippen LogP contribution in [-0.2, 0) is 13.0 Å². The fourth-order valence-electron chi connectivity index (χ4n) is 1.73. The molecule has 0 radical (unpaired) electrons. The van der Waals surface area contributed by atoms with Gasteiger partial charge in [0.05, 0.1) is 6.04 Å². The second kappa shape index (κ2) is 5.55. The first-order valence-corrected chi connectivity index (χ1v) is 5.67. The molecule has 0 saturated heterocycles. The van der Waals surface area contributed by atoms with Gasteiger partial charge >= 0.3 is 0 Å². The number of aromatic nitrogens is 5. The Morgan fingerprint density at radius 3 is 3.06 bits per heavy atom. The van der Waals surface area contributed by atoms with E-state index in [1.54, 1.807) is 18.7 Å². The van der Waals surface area contributed by atoms with E-state index in [0.717, 1.165) is 24.6 Å². The first-order valence-electron chi connectivity index (χ1n) is 5.67. The standard InChI is InChI=1S/C10H17N7/c1-2-5-17-9(14-7-15-17)6-8(16-11)10-12-3-4-13-10/h3-4,7-8,16H,2,5-6,11H2,1H3,(H,12,13). The second-order valence-electron chi connectivity index (χ2n) is 3.80. The van der Waals surface area contributed by atoms with Crippen LogP contribution in [0, 0.1) is 0 Å². The molecule has 0 aliphatic rings. The lowest BCUT2D eigenvalue weighted by Gasteiger charge is -2.13. The Labute approximate surface area is 99.4 Å². The minimum atomic E-state index is -0.0789. The van der Waals surface area contributed by atoms with Crippen molar-refractivity contribution in [3.8, 4) is 0 Å². The molecule has 7 nitrogen and oxygen atoms in total. The van der Waals surface area contributed by atoms with Crippen molar-refractivity contribution in [3.63, 3.8) is 0 Å². The highest BCUT2D eigenvalue weighted by Crippen LogP contribution is 2.12. The van der Waals surface area contributed by atoms with E-state index in [2.05, 4.69) is 32.4 Å². The second-order valence-corrected chi connectivity index (χ2v) is 3.80. The van der Waals surface area contributed by atoms with Gasteiger partial charge in [0.25, 0.3) is 0 Å². The van der Waals surface area contributed by atoms with E-state index in [4.69, 9.17) is 5.84 Å². The highest BCUT2D eigenvalue weighted by Gasteiger charge is 2.16. The predicted octanol–water partition coefficient (Wildman–Crippen LogP) is 0.158. The Bertz CT molecular complexity index is 433. The van der Waals surface area contributed by atoms with Crippen LogP contribution < -0.4 is 11.3 Å². The number of nitrogens with two attached hydrogens (primary N) is 1. The number of hydrazine groups is 1. The van der Waals surface area contributed by atoms with Crippen LogP contribution in [0.15, 0.2) is 18.7 Å². The fourth-order valence-corrected chi connectivity index (χ4v) is 1.73. The van der Waals surface area contributed by atoms with Gasteiger partial charge in [0.15, 0.2) is 0 Å². The largest absolute Gasteiger partial charge is 0.347 e. The quantitative estimate of drug-likeness (QED) is 0.489. The van der Waals surface area contributed by atoms with Crippen LogP contribution in [0.25, 0.3) is 0 Å². The lowest BCUT2D eigenvalue weighted by atomic mass is 10.2. The van der Waals surface area contributed by atoms with E-state index >= 15 is 0 Å². The zero-order valence-electron chi connectivity index (χ0n) is 9.80. The van der Waals surface area contributed by atoms with Gasteiger partial charge in [-0.15, -0.1) is 0 Å². The lowest BCUT2D eigenvalue weighted by Crippen LogP contribution is -2.31. The number of hydrogen-bond acceptors (Lipinski definition) is 5. The summed E-state index contributed by atoms with van der Waals surface area (Å²) in [7, 11) is 0. The molecule has 0 amide bonds. The van der Waals surface area contributed by atoms with Gasteiger partial charge in [0.2, 0.25) is 0 Å². The van der Waals surface area contributed by atoms with Crippen LogP contribution in [0.1, 0.15) is 31.0 Å². The van der Waals surface area contributed by atoms with Crippen molar-refractivity contribution in [3.05, 3.63) is 30.4 Å². The minimum absolute atomic E-state index is 0.0789. The summed E-state index contributed by atoms with van der Waals surface area (Å²) < 4.78 is 1.90. The normalized spacial score (nSPS) is 12.8. The number of aromatic amines is 1. The first-order chi connectivity index (χ1) is 8.35. The van der Waals surface area contributed by atoms with Gasteiger partial charge in [-0.2, -0.15) is 5.10 Å². The van der Waals surface area contributed by atoms with Gasteiger partial charge in [-0.25, -0.2) is 15.4 Å². The third kappa shape index (κ3) is 2.69. The Balaban J connectivity index is 2.10. The van der Waals surface area contributed by atoms with Crippen molar-refractivity contribution in [2.45, 2.75) is 32.4 Å². The summed E-state index contributed by atoms with van der Waals surface area (Å²) in [5.41, 5.74) is 2.74. The molecule has 7 heteroatoms. The Hall–Kier alpha value is -1.73. The van der Waals surface area contributed by atoms with Crippen LogP contribution in [0.4, 0.5) is 0 Å². The molecule has 2 aromatic heterocycles. The summed E-state index contributed by atoms with van der Waals surface area (Å²) in [5.74, 6) is 7.25. The van der Waals surface area contributed by atoms with E-state index in [1.807, 2.05) is 4.68 Å². The molecule has 0 spiro atoms. The molecule has 0 aliphatic carbocycles. The average Bonchev–Trinajstić information content (AvgIpc) is 2.97. The van der Waals surface area contributed by atoms with Crippen LogP contribution in [0.2, 0.25) is 0 Å². The Kier molecular flexibility index (Phi) is 3.84. The van der Waals surface area contributed by atoms with Crippen molar-refractivity contribution < 1.29 is 0 Å². The Morgan fingerprint density at radius 2 is 2.41 bits per heavy atom. The molecule has 0 aromatic carbocycles. The molecule has 0 bridgehead atoms. The third-order valence-electron chi connectivity index (χ3n) is 2.57. The van der Waals surface area contributed by atoms with Crippen LogP contribution in [0.5, 0.6) is 0 Å². The number of H-pyrrole nitrogens is 1. The molecule has 92 valence electrons. The summed E-state index contributed by atoms with van der Waals surface area (Å²) in [4.78, 5) is 11.5. The monoisotopic (exact) mass is 235 g/mol. The predicted molar refractivity (Wildman–Crippen MR) is 62.7 cm³/mol. The topological polar surface area (TPSA) is 97.4 Å². The van der Waals surface area contributed by atoms with Gasteiger partial charge in [-0.05, 0) is 6.42 Å². The number of hydrogen-bond donors (Lipinski definition) is 3. The molecule has 2 heterocycles. The maximum Gasteiger partial charge on any atom is 0.138 e. The molecule has 4 N–H and O–H groups in total. The average molecular weight is 235 g/mol. The summed E-state index contributed by atoms with van der Waals surface area (Å²) in [5, 5.41) is 4.18. The van der Waals surface area contributed by atoms with Crippen molar-refractivity contribution in [2.24, 2.45) is 5.84 Å². The number of rotatable bonds is 6. The van der Waals surface area contributed by atoms with E-state index in [-0.39, 0.29) is 6.04 Å². The summed E-state index contributed by atoms with van der Waals surface area (Å²) in [6.45, 7) is 2.97. The molecule has 0 aliphatic heterocycles. The van der Waals surface area contributed by atoms with Crippen LogP contribution in [0.3, 0.4) is 0 Å². The molecule has 17 heavy (non-hydrogen) atoms. The van der Waals surface area contributed by atoms with Crippen molar-refractivity contribution >= 4 is 0 Å². The van der Waals surface area contributed by atoms with Crippen LogP contribution in [-0.4, -0.2) is 24.7 Å². The van der Waals surface area contributed by atoms with Gasteiger partial charge in [-0.1, -0.05) is 6.92 Å². The zero-order chi connectivity index (χ0) is 12.1. The number of imidazole rings is 1. The first kappa shape index (κ1) is 11.7. The van der Waals surface area contributed by atoms with E-state index in [9.17, 15) is 0 Å². The highest BCUT2D eigenvalue weighted by molar-refractivity contribution is 5.00. The minimum Gasteiger partial charge on any atom is -0.347 e. The number of nitrogens with zero attached hydrogens (tertiary/aromatic N) is 4. The fraction of sp³-hybridized carbons (Fsp3) is 0.500. The maximum atomic E-state index is 5.54. The van der Waals surface area contributed by atoms with Crippen molar-refractivity contribution in [1.29, 1.82) is 0 Å². The number of nitrogens with one attached hydrogen (secondary N) is 2. The summed E-state index contributed by atoms with van der Waals surface area (Å²) in [6.07, 6.45) is 6.73. The van der Waals surface area contributed by atoms with Crippen molar-refractivity contribution in [2.75, 3.05) is 0 Å². The molecule has 0 saturated carbocycles. The van der Waals surface area contributed by atoms with Crippen molar-refractivity contribution in [1.82, 2.24) is 30.2 Å². The number of aryl methyl sites for hydroxylation is 1.